The molecule has 8 heteroatoms. The molecule has 1 aromatic rings. The molecule has 1 heterocycles. The average molecular weight is 446 g/mol. The van der Waals surface area contributed by atoms with Crippen molar-refractivity contribution in [1.29, 1.82) is 0 Å². The van der Waals surface area contributed by atoms with Crippen LogP contribution in [-0.4, -0.2) is 49.6 Å². The maximum absolute atomic E-state index is 13.4. The molecular weight excluding hydrogens is 410 g/mol. The van der Waals surface area contributed by atoms with Gasteiger partial charge in [-0.1, -0.05) is 13.8 Å². The number of aliphatic hydroxyl groups is 1. The number of ether oxygens (including phenoxy) is 1. The molecule has 2 atom stereocenters. The van der Waals surface area contributed by atoms with E-state index in [-0.39, 0.29) is 17.4 Å². The molecule has 3 N–H and O–H groups in total. The monoisotopic (exact) mass is 445 g/mol. The van der Waals surface area contributed by atoms with Gasteiger partial charge in [-0.25, -0.2) is 4.68 Å². The minimum atomic E-state index is -1.08. The van der Waals surface area contributed by atoms with Crippen LogP contribution in [0.3, 0.4) is 0 Å². The Hall–Kier alpha value is -2.35. The van der Waals surface area contributed by atoms with Crippen LogP contribution < -0.4 is 10.1 Å². The Morgan fingerprint density at radius 2 is 1.97 bits per heavy atom. The van der Waals surface area contributed by atoms with Gasteiger partial charge in [-0.05, 0) is 76.2 Å². The van der Waals surface area contributed by atoms with E-state index in [0.717, 1.165) is 32.1 Å². The van der Waals surface area contributed by atoms with Crippen molar-refractivity contribution in [3.8, 4) is 5.88 Å². The van der Waals surface area contributed by atoms with E-state index in [0.29, 0.717) is 36.3 Å². The van der Waals surface area contributed by atoms with Crippen molar-refractivity contribution in [1.82, 2.24) is 15.1 Å². The zero-order chi connectivity index (χ0) is 23.3. The predicted octanol–water partition coefficient (Wildman–Crippen LogP) is 3.31. The molecule has 0 aliphatic heterocycles. The molecule has 5 rings (SSSR count). The van der Waals surface area contributed by atoms with E-state index in [1.807, 2.05) is 13.8 Å². The Morgan fingerprint density at radius 1 is 1.31 bits per heavy atom. The maximum atomic E-state index is 13.4. The highest BCUT2D eigenvalue weighted by molar-refractivity contribution is 5.97. The second-order valence-electron chi connectivity index (χ2n) is 11.3. The first kappa shape index (κ1) is 22.8. The summed E-state index contributed by atoms with van der Waals surface area (Å²) >= 11 is 0. The van der Waals surface area contributed by atoms with Gasteiger partial charge in [0.25, 0.3) is 5.91 Å². The summed E-state index contributed by atoms with van der Waals surface area (Å²) in [5.74, 6) is 0.252. The highest BCUT2D eigenvalue weighted by Gasteiger charge is 2.57. The molecule has 4 bridgehead atoms. The van der Waals surface area contributed by atoms with Crippen LogP contribution in [0.4, 0.5) is 0 Å². The summed E-state index contributed by atoms with van der Waals surface area (Å²) in [6.07, 6.45) is 9.76. The molecule has 0 spiro atoms. The molecule has 4 fully saturated rings. The Bertz CT molecular complexity index is 918. The number of nitrogens with zero attached hydrogens (tertiary/aromatic N) is 2. The number of carboxylic acids is 1. The largest absolute Gasteiger partial charge is 0.481 e. The third kappa shape index (κ3) is 4.42. The quantitative estimate of drug-likeness (QED) is 0.566. The normalized spacial score (nSPS) is 31.4. The first-order valence-electron chi connectivity index (χ1n) is 11.6. The van der Waals surface area contributed by atoms with Crippen LogP contribution in [0.2, 0.25) is 0 Å². The van der Waals surface area contributed by atoms with E-state index in [9.17, 15) is 19.8 Å². The molecule has 8 nitrogen and oxygen atoms in total. The summed E-state index contributed by atoms with van der Waals surface area (Å²) in [6, 6.07) is 0. The Balaban J connectivity index is 1.58. The third-order valence-electron chi connectivity index (χ3n) is 7.14. The van der Waals surface area contributed by atoms with Gasteiger partial charge in [0.2, 0.25) is 5.88 Å². The lowest BCUT2D eigenvalue weighted by Crippen LogP contribution is -2.65. The van der Waals surface area contributed by atoms with Crippen molar-refractivity contribution in [2.24, 2.45) is 23.2 Å². The minimum Gasteiger partial charge on any atom is -0.481 e. The second kappa shape index (κ2) is 7.90. The van der Waals surface area contributed by atoms with Crippen molar-refractivity contribution in [3.63, 3.8) is 0 Å². The van der Waals surface area contributed by atoms with E-state index in [4.69, 9.17) is 4.74 Å². The molecule has 0 radical (unpaired) electrons. The molecule has 176 valence electrons. The number of hydrogen-bond donors (Lipinski definition) is 3. The van der Waals surface area contributed by atoms with Crippen molar-refractivity contribution >= 4 is 18.1 Å². The van der Waals surface area contributed by atoms with E-state index in [1.54, 1.807) is 13.8 Å². The Kier molecular flexibility index (Phi) is 5.64. The number of carboxylic acid groups (broad SMARTS) is 1. The number of aromatic nitrogens is 2. The van der Waals surface area contributed by atoms with Crippen molar-refractivity contribution in [3.05, 3.63) is 17.8 Å². The molecule has 4 aliphatic rings. The third-order valence-corrected chi connectivity index (χ3v) is 7.14. The van der Waals surface area contributed by atoms with Crippen molar-refractivity contribution < 1.29 is 24.5 Å². The highest BCUT2D eigenvalue weighted by Crippen LogP contribution is 2.57. The molecule has 1 aromatic heterocycles. The van der Waals surface area contributed by atoms with Crippen LogP contribution in [0.25, 0.3) is 6.20 Å². The van der Waals surface area contributed by atoms with Crippen LogP contribution in [0, 0.1) is 23.2 Å². The van der Waals surface area contributed by atoms with Gasteiger partial charge in [0.1, 0.15) is 5.56 Å². The molecule has 0 saturated heterocycles. The molecule has 0 aromatic carbocycles. The van der Waals surface area contributed by atoms with E-state index in [2.05, 4.69) is 10.4 Å². The summed E-state index contributed by atoms with van der Waals surface area (Å²) < 4.78 is 7.37. The van der Waals surface area contributed by atoms with Crippen molar-refractivity contribution in [2.45, 2.75) is 77.4 Å². The fourth-order valence-electron chi connectivity index (χ4n) is 6.00. The maximum Gasteiger partial charge on any atom is 0.312 e. The summed E-state index contributed by atoms with van der Waals surface area (Å²) in [6.45, 7) is 7.61. The summed E-state index contributed by atoms with van der Waals surface area (Å²) in [5.41, 5.74) is -1.80. The molecule has 32 heavy (non-hydrogen) atoms. The van der Waals surface area contributed by atoms with Crippen LogP contribution in [-0.2, 0) is 4.79 Å². The smallest absolute Gasteiger partial charge is 0.312 e. The zero-order valence-electron chi connectivity index (χ0n) is 19.4. The SMILES string of the molecule is CC(C)COc1c(C(=O)NC23CC4CC(CC(O)(C4)C2)C3)cnn1/C=C/C(C)(C)C(=O)O. The van der Waals surface area contributed by atoms with Gasteiger partial charge in [0.05, 0.1) is 23.8 Å². The van der Waals surface area contributed by atoms with Gasteiger partial charge < -0.3 is 20.3 Å². The van der Waals surface area contributed by atoms with E-state index >= 15 is 0 Å². The second-order valence-corrected chi connectivity index (χ2v) is 11.3. The zero-order valence-corrected chi connectivity index (χ0v) is 19.4. The van der Waals surface area contributed by atoms with Gasteiger partial charge in [-0.2, -0.15) is 5.10 Å². The van der Waals surface area contributed by atoms with E-state index in [1.165, 1.54) is 23.2 Å². The number of nitrogens with one attached hydrogen (secondary N) is 1. The van der Waals surface area contributed by atoms with Gasteiger partial charge in [-0.15, -0.1) is 0 Å². The average Bonchev–Trinajstić information content (AvgIpc) is 3.05. The number of amides is 1. The highest BCUT2D eigenvalue weighted by atomic mass is 16.5. The molecule has 2 unspecified atom stereocenters. The van der Waals surface area contributed by atoms with Gasteiger partial charge in [0.15, 0.2) is 0 Å². The summed E-state index contributed by atoms with van der Waals surface area (Å²) in [7, 11) is 0. The molecule has 1 amide bonds. The lowest BCUT2D eigenvalue weighted by atomic mass is 9.51. The minimum absolute atomic E-state index is 0.242. The number of hydrogen-bond acceptors (Lipinski definition) is 5. The number of aliphatic carboxylic acids is 1. The van der Waals surface area contributed by atoms with E-state index < -0.39 is 17.0 Å². The fourth-order valence-corrected chi connectivity index (χ4v) is 6.00. The van der Waals surface area contributed by atoms with Gasteiger partial charge in [0, 0.05) is 11.7 Å². The Labute approximate surface area is 189 Å². The fraction of sp³-hybridized carbons (Fsp3) is 0.708. The van der Waals surface area contributed by atoms with Crippen LogP contribution in [0.5, 0.6) is 5.88 Å². The predicted molar refractivity (Wildman–Crippen MR) is 119 cm³/mol. The van der Waals surface area contributed by atoms with Crippen LogP contribution in [0.1, 0.15) is 76.6 Å². The number of rotatable bonds is 8. The summed E-state index contributed by atoms with van der Waals surface area (Å²) in [4.78, 5) is 24.8. The lowest BCUT2D eigenvalue weighted by molar-refractivity contribution is -0.144. The standard InChI is InChI=1S/C24H35N3O5/c1-15(2)13-32-20-18(12-25-27(20)6-5-22(3,4)21(29)30)19(28)26-23-8-16-7-17(9-23)11-24(31,10-16)14-23/h5-6,12,15-17,31H,7-11,13-14H2,1-4H3,(H,26,28)(H,29,30)/b6-5+. The molecular formula is C24H35N3O5. The Morgan fingerprint density at radius 3 is 2.53 bits per heavy atom. The topological polar surface area (TPSA) is 114 Å². The number of carbonyl (C=O) groups is 2. The first-order chi connectivity index (χ1) is 14.9. The van der Waals surface area contributed by atoms with Crippen LogP contribution >= 0.6 is 0 Å². The van der Waals surface area contributed by atoms with Gasteiger partial charge in [-0.3, -0.25) is 9.59 Å². The van der Waals surface area contributed by atoms with Crippen molar-refractivity contribution in [2.75, 3.05) is 6.61 Å². The van der Waals surface area contributed by atoms with Crippen LogP contribution in [0.15, 0.2) is 12.3 Å². The summed E-state index contributed by atoms with van der Waals surface area (Å²) in [5, 5.41) is 27.9. The first-order valence-corrected chi connectivity index (χ1v) is 11.6. The lowest BCUT2D eigenvalue weighted by Gasteiger charge is -2.60. The molecule has 4 aliphatic carbocycles. The van der Waals surface area contributed by atoms with Gasteiger partial charge >= 0.3 is 5.97 Å². The number of carbonyl (C=O) groups excluding carboxylic acids is 1. The molecule has 4 saturated carbocycles.